The predicted octanol–water partition coefficient (Wildman–Crippen LogP) is 3.80. The number of aryl methyl sites for hydroxylation is 2. The standard InChI is InChI=1S/C19H25ClN6.HI/c1-3-21-19(23-16-8-5-9-26-18(16)22-12(2)25-26)24-17-11-15(17)13-6-4-7-14(20)10-13;/h4,6-7,10,15-17H,3,5,8-9,11H2,1-2H3,(H2,21,23,24);1H. The number of fused-ring (bicyclic) bond motifs is 1. The number of aromatic nitrogens is 3. The second-order valence-corrected chi connectivity index (χ2v) is 7.49. The third kappa shape index (κ3) is 4.74. The summed E-state index contributed by atoms with van der Waals surface area (Å²) in [5.41, 5.74) is 1.29. The van der Waals surface area contributed by atoms with Crippen molar-refractivity contribution < 1.29 is 0 Å². The lowest BCUT2D eigenvalue weighted by molar-refractivity contribution is 0.397. The molecule has 1 aliphatic heterocycles. The fourth-order valence-electron chi connectivity index (χ4n) is 3.70. The van der Waals surface area contributed by atoms with Gasteiger partial charge in [-0.15, -0.1) is 24.0 Å². The molecule has 3 atom stereocenters. The Bertz CT molecular complexity index is 820. The van der Waals surface area contributed by atoms with E-state index in [1.165, 1.54) is 5.56 Å². The number of rotatable bonds is 4. The lowest BCUT2D eigenvalue weighted by Crippen LogP contribution is -2.43. The van der Waals surface area contributed by atoms with Crippen LogP contribution in [0.15, 0.2) is 29.3 Å². The Morgan fingerprint density at radius 3 is 3.00 bits per heavy atom. The van der Waals surface area contributed by atoms with Gasteiger partial charge in [-0.2, -0.15) is 5.10 Å². The van der Waals surface area contributed by atoms with Crippen LogP contribution in [0.3, 0.4) is 0 Å². The minimum atomic E-state index is 0. The summed E-state index contributed by atoms with van der Waals surface area (Å²) in [5, 5.41) is 12.4. The van der Waals surface area contributed by atoms with Crippen LogP contribution >= 0.6 is 35.6 Å². The maximum Gasteiger partial charge on any atom is 0.192 e. The summed E-state index contributed by atoms with van der Waals surface area (Å²) >= 11 is 6.13. The highest BCUT2D eigenvalue weighted by molar-refractivity contribution is 14.0. The molecule has 0 spiro atoms. The van der Waals surface area contributed by atoms with E-state index in [9.17, 15) is 0 Å². The first-order valence-electron chi connectivity index (χ1n) is 9.38. The second-order valence-electron chi connectivity index (χ2n) is 7.05. The molecular formula is C19H26ClIN6. The lowest BCUT2D eigenvalue weighted by atomic mass is 10.1. The van der Waals surface area contributed by atoms with E-state index in [4.69, 9.17) is 11.6 Å². The number of halogens is 2. The molecule has 1 aromatic carbocycles. The van der Waals surface area contributed by atoms with Crippen LogP contribution in [0, 0.1) is 6.92 Å². The van der Waals surface area contributed by atoms with E-state index in [1.54, 1.807) is 0 Å². The molecule has 2 N–H and O–H groups in total. The number of hydrogen-bond donors (Lipinski definition) is 2. The van der Waals surface area contributed by atoms with Crippen molar-refractivity contribution in [3.63, 3.8) is 0 Å². The SMILES string of the molecule is CCN=C(NC1CCCn2nc(C)nc21)NC1CC1c1cccc(Cl)c1.I. The predicted molar refractivity (Wildman–Crippen MR) is 119 cm³/mol. The fourth-order valence-corrected chi connectivity index (χ4v) is 3.90. The second kappa shape index (κ2) is 8.77. The van der Waals surface area contributed by atoms with Gasteiger partial charge in [0.25, 0.3) is 0 Å². The summed E-state index contributed by atoms with van der Waals surface area (Å²) in [6.45, 7) is 5.68. The minimum Gasteiger partial charge on any atom is -0.353 e. The summed E-state index contributed by atoms with van der Waals surface area (Å²) in [5.74, 6) is 3.20. The van der Waals surface area contributed by atoms with Crippen molar-refractivity contribution in [1.29, 1.82) is 0 Å². The van der Waals surface area contributed by atoms with Gasteiger partial charge in [0.1, 0.15) is 11.6 Å². The summed E-state index contributed by atoms with van der Waals surface area (Å²) in [6.07, 6.45) is 3.25. The van der Waals surface area contributed by atoms with Crippen LogP contribution < -0.4 is 10.6 Å². The quantitative estimate of drug-likeness (QED) is 0.381. The Hall–Kier alpha value is -1.35. The van der Waals surface area contributed by atoms with Crippen molar-refractivity contribution in [3.8, 4) is 0 Å². The minimum absolute atomic E-state index is 0. The molecule has 0 radical (unpaired) electrons. The Labute approximate surface area is 182 Å². The first kappa shape index (κ1) is 20.4. The van der Waals surface area contributed by atoms with Gasteiger partial charge in [0.2, 0.25) is 0 Å². The Kier molecular flexibility index (Phi) is 6.62. The summed E-state index contributed by atoms with van der Waals surface area (Å²) in [4.78, 5) is 9.24. The largest absolute Gasteiger partial charge is 0.353 e. The number of aliphatic imine (C=N–C) groups is 1. The van der Waals surface area contributed by atoms with Gasteiger partial charge in [-0.25, -0.2) is 9.67 Å². The molecule has 3 unspecified atom stereocenters. The van der Waals surface area contributed by atoms with Crippen LogP contribution in [0.25, 0.3) is 0 Å². The molecule has 0 amide bonds. The molecule has 1 aliphatic carbocycles. The van der Waals surface area contributed by atoms with Crippen molar-refractivity contribution in [2.75, 3.05) is 6.54 Å². The van der Waals surface area contributed by atoms with Gasteiger partial charge in [-0.05, 0) is 50.8 Å². The summed E-state index contributed by atoms with van der Waals surface area (Å²) < 4.78 is 2.02. The van der Waals surface area contributed by atoms with E-state index < -0.39 is 0 Å². The van der Waals surface area contributed by atoms with Crippen LogP contribution in [-0.2, 0) is 6.54 Å². The van der Waals surface area contributed by atoms with Gasteiger partial charge < -0.3 is 10.6 Å². The number of nitrogens with zero attached hydrogens (tertiary/aromatic N) is 4. The van der Waals surface area contributed by atoms with Gasteiger partial charge in [0.05, 0.1) is 6.04 Å². The van der Waals surface area contributed by atoms with Crippen molar-refractivity contribution in [1.82, 2.24) is 25.4 Å². The summed E-state index contributed by atoms with van der Waals surface area (Å²) in [6, 6.07) is 8.70. The van der Waals surface area contributed by atoms with Crippen LogP contribution in [0.1, 0.15) is 55.4 Å². The third-order valence-corrected chi connectivity index (χ3v) is 5.23. The van der Waals surface area contributed by atoms with Crippen LogP contribution in [-0.4, -0.2) is 33.3 Å². The average Bonchev–Trinajstić information content (AvgIpc) is 3.26. The van der Waals surface area contributed by atoms with Gasteiger partial charge in [-0.1, -0.05) is 23.7 Å². The molecule has 2 aliphatic rings. The maximum atomic E-state index is 6.13. The maximum absolute atomic E-state index is 6.13. The number of guanidine groups is 1. The molecular weight excluding hydrogens is 475 g/mol. The van der Waals surface area contributed by atoms with Crippen molar-refractivity contribution >= 4 is 41.5 Å². The average molecular weight is 501 g/mol. The fraction of sp³-hybridized carbons (Fsp3) is 0.526. The molecule has 0 saturated heterocycles. The van der Waals surface area contributed by atoms with E-state index in [0.717, 1.165) is 55.0 Å². The molecule has 146 valence electrons. The van der Waals surface area contributed by atoms with Crippen molar-refractivity contribution in [2.45, 2.75) is 57.7 Å². The first-order chi connectivity index (χ1) is 12.6. The van der Waals surface area contributed by atoms with Gasteiger partial charge >= 0.3 is 0 Å². The molecule has 2 heterocycles. The van der Waals surface area contributed by atoms with E-state index in [1.807, 2.05) is 23.7 Å². The normalized spacial score (nSPS) is 24.0. The molecule has 1 fully saturated rings. The zero-order chi connectivity index (χ0) is 18.1. The highest BCUT2D eigenvalue weighted by atomic mass is 127. The zero-order valence-electron chi connectivity index (χ0n) is 15.7. The molecule has 1 aromatic heterocycles. The number of nitrogens with one attached hydrogen (secondary N) is 2. The Balaban J connectivity index is 0.00000210. The molecule has 6 nitrogen and oxygen atoms in total. The number of hydrogen-bond acceptors (Lipinski definition) is 3. The monoisotopic (exact) mass is 500 g/mol. The molecule has 0 bridgehead atoms. The molecule has 1 saturated carbocycles. The van der Waals surface area contributed by atoms with Gasteiger partial charge in [0.15, 0.2) is 5.96 Å². The lowest BCUT2D eigenvalue weighted by Gasteiger charge is -2.25. The van der Waals surface area contributed by atoms with E-state index in [0.29, 0.717) is 12.0 Å². The van der Waals surface area contributed by atoms with Crippen LogP contribution in [0.5, 0.6) is 0 Å². The highest BCUT2D eigenvalue weighted by Crippen LogP contribution is 2.41. The van der Waals surface area contributed by atoms with E-state index in [2.05, 4.69) is 44.8 Å². The Morgan fingerprint density at radius 1 is 1.37 bits per heavy atom. The van der Waals surface area contributed by atoms with E-state index >= 15 is 0 Å². The van der Waals surface area contributed by atoms with Gasteiger partial charge in [0, 0.05) is 30.1 Å². The number of benzene rings is 1. The Morgan fingerprint density at radius 2 is 2.22 bits per heavy atom. The summed E-state index contributed by atoms with van der Waals surface area (Å²) in [7, 11) is 0. The van der Waals surface area contributed by atoms with Gasteiger partial charge in [-0.3, -0.25) is 4.99 Å². The first-order valence-corrected chi connectivity index (χ1v) is 9.76. The smallest absolute Gasteiger partial charge is 0.192 e. The van der Waals surface area contributed by atoms with Crippen LogP contribution in [0.4, 0.5) is 0 Å². The van der Waals surface area contributed by atoms with Crippen molar-refractivity contribution in [3.05, 3.63) is 46.5 Å². The molecule has 27 heavy (non-hydrogen) atoms. The van der Waals surface area contributed by atoms with E-state index in [-0.39, 0.29) is 30.0 Å². The zero-order valence-corrected chi connectivity index (χ0v) is 18.7. The molecule has 2 aromatic rings. The molecule has 4 rings (SSSR count). The van der Waals surface area contributed by atoms with Crippen LogP contribution in [0.2, 0.25) is 5.02 Å². The topological polar surface area (TPSA) is 67.1 Å². The molecule has 8 heteroatoms. The highest BCUT2D eigenvalue weighted by Gasteiger charge is 2.39. The van der Waals surface area contributed by atoms with Crippen molar-refractivity contribution in [2.24, 2.45) is 4.99 Å². The third-order valence-electron chi connectivity index (χ3n) is 5.00.